The second kappa shape index (κ2) is 20.5. The van der Waals surface area contributed by atoms with Gasteiger partial charge in [0.1, 0.15) is 23.0 Å². The average Bonchev–Trinajstić information content (AvgIpc) is 3.21. The standard InChI is InChI=1S/C19H23BN2O6S.C18H20N2O5S.2ClH/c1-20(24)22-13-11-19(12-14-22,18(23)21-25)29(26,27)17-9-7-16(8-10-17)28-15-5-3-2-4-6-15;21-17(20-22)18(10-12-19-13-11-18)26(23,24)16-8-6-15(7-9-16)25-14-4-2-1-3-5-14;;/h2-10,24-25H,11-14H2,1H3,(H,21,23);1-9,19,22H,10-13H2,(H,20,21);2*1H. The summed E-state index contributed by atoms with van der Waals surface area (Å²) in [7, 11) is -8.85. The van der Waals surface area contributed by atoms with Gasteiger partial charge in [-0.1, -0.05) is 36.4 Å². The van der Waals surface area contributed by atoms with E-state index in [0.29, 0.717) is 36.1 Å². The van der Waals surface area contributed by atoms with Crippen LogP contribution in [0.1, 0.15) is 25.7 Å². The number of rotatable bonds is 11. The Morgan fingerprint density at radius 3 is 1.28 bits per heavy atom. The molecular weight excluding hydrogens is 822 g/mol. The Balaban J connectivity index is 0.000000297. The highest BCUT2D eigenvalue weighted by atomic mass is 35.5. The SMILES string of the molecule is CB(O)N1CCC(C(=O)NO)(S(=O)(=O)c2ccc(Oc3ccccc3)cc2)CC1.Cl.Cl.O=C(NO)C1(S(=O)(=O)c2ccc(Oc3ccccc3)cc2)CCNCC1. The van der Waals surface area contributed by atoms with Crippen molar-refractivity contribution >= 4 is 63.4 Å². The number of amides is 2. The van der Waals surface area contributed by atoms with Crippen molar-refractivity contribution < 1.29 is 51.3 Å². The van der Waals surface area contributed by atoms with Crippen molar-refractivity contribution in [3.8, 4) is 23.0 Å². The minimum absolute atomic E-state index is 0. The summed E-state index contributed by atoms with van der Waals surface area (Å²) in [5.41, 5.74) is 3.04. The van der Waals surface area contributed by atoms with E-state index in [1.54, 1.807) is 48.0 Å². The van der Waals surface area contributed by atoms with Crippen molar-refractivity contribution in [2.45, 2.75) is 51.8 Å². The van der Waals surface area contributed by atoms with Crippen LogP contribution in [0.2, 0.25) is 6.82 Å². The van der Waals surface area contributed by atoms with E-state index in [-0.39, 0.29) is 73.4 Å². The van der Waals surface area contributed by atoms with Gasteiger partial charge >= 0.3 is 7.05 Å². The monoisotopic (exact) mass is 866 g/mol. The lowest BCUT2D eigenvalue weighted by Gasteiger charge is -2.39. The lowest BCUT2D eigenvalue weighted by Crippen LogP contribution is -2.59. The molecule has 0 spiro atoms. The molecular formula is C37H45BCl2N4O11S2. The van der Waals surface area contributed by atoms with Crippen LogP contribution in [0.4, 0.5) is 0 Å². The minimum atomic E-state index is -4.11. The van der Waals surface area contributed by atoms with Gasteiger partial charge in [0.15, 0.2) is 29.2 Å². The van der Waals surface area contributed by atoms with Crippen molar-refractivity contribution in [1.29, 1.82) is 0 Å². The Morgan fingerprint density at radius 2 is 0.947 bits per heavy atom. The van der Waals surface area contributed by atoms with Crippen LogP contribution in [0.25, 0.3) is 0 Å². The number of halogens is 2. The summed E-state index contributed by atoms with van der Waals surface area (Å²) in [5.74, 6) is 0.333. The van der Waals surface area contributed by atoms with Gasteiger partial charge < -0.3 is 24.6 Å². The Kier molecular flexibility index (Phi) is 16.9. The Labute approximate surface area is 344 Å². The maximum atomic E-state index is 13.4. The largest absolute Gasteiger partial charge is 0.457 e. The fraction of sp³-hybridized carbons (Fsp3) is 0.297. The van der Waals surface area contributed by atoms with Gasteiger partial charge in [-0.15, -0.1) is 24.8 Å². The molecule has 2 saturated heterocycles. The first kappa shape index (κ1) is 47.1. The number of ether oxygens (including phenoxy) is 2. The van der Waals surface area contributed by atoms with E-state index < -0.39 is 48.0 Å². The summed E-state index contributed by atoms with van der Waals surface area (Å²) in [6.07, 6.45) is 0.0811. The summed E-state index contributed by atoms with van der Waals surface area (Å²) >= 11 is 0. The molecule has 0 bridgehead atoms. The van der Waals surface area contributed by atoms with E-state index in [9.17, 15) is 36.7 Å². The molecule has 2 heterocycles. The first-order valence-electron chi connectivity index (χ1n) is 17.5. The fourth-order valence-corrected chi connectivity index (χ4v) is 10.5. The average molecular weight is 868 g/mol. The highest BCUT2D eigenvalue weighted by Crippen LogP contribution is 2.38. The second-order valence-electron chi connectivity index (χ2n) is 13.1. The summed E-state index contributed by atoms with van der Waals surface area (Å²) in [4.78, 5) is 26.3. The normalized spacial score (nSPS) is 16.1. The molecule has 2 aliphatic rings. The van der Waals surface area contributed by atoms with Gasteiger partial charge in [0.05, 0.1) is 9.79 Å². The number of hydroxylamine groups is 2. The number of benzene rings is 4. The van der Waals surface area contributed by atoms with Crippen LogP contribution in [0.5, 0.6) is 23.0 Å². The smallest absolute Gasteiger partial charge is 0.376 e. The molecule has 4 aromatic rings. The number of nitrogens with zero attached hydrogens (tertiary/aromatic N) is 1. The summed E-state index contributed by atoms with van der Waals surface area (Å²) in [6.45, 7) is 2.75. The lowest BCUT2D eigenvalue weighted by atomic mass is 9.80. The van der Waals surface area contributed by atoms with E-state index >= 15 is 0 Å². The van der Waals surface area contributed by atoms with Crippen molar-refractivity contribution in [3.63, 3.8) is 0 Å². The van der Waals surface area contributed by atoms with E-state index in [1.807, 2.05) is 36.4 Å². The van der Waals surface area contributed by atoms with Gasteiger partial charge in [0.25, 0.3) is 11.8 Å². The van der Waals surface area contributed by atoms with Crippen molar-refractivity contribution in [2.75, 3.05) is 26.2 Å². The van der Waals surface area contributed by atoms with Gasteiger partial charge in [0.2, 0.25) is 0 Å². The third-order valence-corrected chi connectivity index (χ3v) is 14.9. The molecule has 0 saturated carbocycles. The molecule has 0 unspecified atom stereocenters. The highest BCUT2D eigenvalue weighted by molar-refractivity contribution is 7.94. The molecule has 0 radical (unpaired) electrons. The van der Waals surface area contributed by atoms with Crippen molar-refractivity contribution in [3.05, 3.63) is 109 Å². The predicted molar refractivity (Wildman–Crippen MR) is 217 cm³/mol. The molecule has 0 aromatic heterocycles. The highest BCUT2D eigenvalue weighted by Gasteiger charge is 2.54. The van der Waals surface area contributed by atoms with Crippen molar-refractivity contribution in [1.82, 2.24) is 21.1 Å². The van der Waals surface area contributed by atoms with E-state index in [4.69, 9.17) is 14.7 Å². The number of nitrogens with one attached hydrogen (secondary N) is 3. The molecule has 0 atom stereocenters. The minimum Gasteiger partial charge on any atom is -0.457 e. The second-order valence-corrected chi connectivity index (χ2v) is 17.6. The van der Waals surface area contributed by atoms with Gasteiger partial charge in [0, 0.05) is 0 Å². The zero-order valence-corrected chi connectivity index (χ0v) is 34.1. The van der Waals surface area contributed by atoms with Gasteiger partial charge in [-0.3, -0.25) is 20.0 Å². The van der Waals surface area contributed by atoms with Crippen LogP contribution >= 0.6 is 24.8 Å². The fourth-order valence-electron chi connectivity index (χ4n) is 6.60. The molecule has 0 aliphatic carbocycles. The first-order valence-corrected chi connectivity index (χ1v) is 20.4. The van der Waals surface area contributed by atoms with Gasteiger partial charge in [-0.2, -0.15) is 0 Å². The Hall–Kier alpha value is -4.24. The number of para-hydroxylation sites is 2. The third kappa shape index (κ3) is 10.3. The zero-order valence-electron chi connectivity index (χ0n) is 30.8. The summed E-state index contributed by atoms with van der Waals surface area (Å²) in [5, 5.41) is 31.0. The molecule has 4 aromatic carbocycles. The van der Waals surface area contributed by atoms with Crippen molar-refractivity contribution in [2.24, 2.45) is 0 Å². The number of sulfone groups is 2. The zero-order chi connectivity index (χ0) is 39.7. The third-order valence-electron chi connectivity index (χ3n) is 9.83. The molecule has 2 aliphatic heterocycles. The summed E-state index contributed by atoms with van der Waals surface area (Å²) in [6, 6.07) is 29.9. The predicted octanol–water partition coefficient (Wildman–Crippen LogP) is 4.43. The molecule has 20 heteroatoms. The number of carbonyl (C=O) groups is 2. The topological polar surface area (TPSA) is 221 Å². The first-order chi connectivity index (χ1) is 26.3. The van der Waals surface area contributed by atoms with Crippen LogP contribution in [-0.2, 0) is 29.3 Å². The molecule has 6 N–H and O–H groups in total. The quantitative estimate of drug-likeness (QED) is 0.0699. The van der Waals surface area contributed by atoms with Gasteiger partial charge in [-0.25, -0.2) is 27.8 Å². The van der Waals surface area contributed by atoms with E-state index in [2.05, 4.69) is 5.32 Å². The molecule has 57 heavy (non-hydrogen) atoms. The van der Waals surface area contributed by atoms with Crippen LogP contribution in [0, 0.1) is 0 Å². The number of hydrogen-bond donors (Lipinski definition) is 6. The van der Waals surface area contributed by atoms with E-state index in [1.165, 1.54) is 47.4 Å². The number of carbonyl (C=O) groups excluding carboxylic acids is 2. The molecule has 6 rings (SSSR count). The number of piperidine rings is 2. The van der Waals surface area contributed by atoms with Gasteiger partial charge in [-0.05, 0) is 131 Å². The Bertz CT molecular complexity index is 2120. The molecule has 2 amide bonds. The maximum Gasteiger partial charge on any atom is 0.376 e. The van der Waals surface area contributed by atoms with Crippen LogP contribution < -0.4 is 25.8 Å². The van der Waals surface area contributed by atoms with Crippen LogP contribution in [0.15, 0.2) is 119 Å². The van der Waals surface area contributed by atoms with E-state index in [0.717, 1.165) is 0 Å². The molecule has 2 fully saturated rings. The lowest BCUT2D eigenvalue weighted by molar-refractivity contribution is -0.133. The van der Waals surface area contributed by atoms with Crippen LogP contribution in [-0.4, -0.2) is 91.6 Å². The Morgan fingerprint density at radius 1 is 0.614 bits per heavy atom. The molecule has 308 valence electrons. The summed E-state index contributed by atoms with van der Waals surface area (Å²) < 4.78 is 60.8. The molecule has 15 nitrogen and oxygen atoms in total. The van der Waals surface area contributed by atoms with Crippen LogP contribution in [0.3, 0.4) is 0 Å². The number of hydrogen-bond acceptors (Lipinski definition) is 13. The maximum absolute atomic E-state index is 13.4.